The maximum absolute atomic E-state index is 9.52. The smallest absolute Gasteiger partial charge is 0.122 e. The number of aromatic hydroxyl groups is 1. The van der Waals surface area contributed by atoms with Gasteiger partial charge in [-0.25, -0.2) is 0 Å². The number of ether oxygens (including phenoxy) is 1. The minimum Gasteiger partial charge on any atom is -0.508 e. The lowest BCUT2D eigenvalue weighted by atomic mass is 10.1. The molecule has 0 amide bonds. The first-order valence-electron chi connectivity index (χ1n) is 4.33. The summed E-state index contributed by atoms with van der Waals surface area (Å²) in [6.07, 6.45) is 2.44. The van der Waals surface area contributed by atoms with E-state index in [1.807, 2.05) is 19.1 Å². The Morgan fingerprint density at radius 3 is 2.85 bits per heavy atom. The molecule has 0 aliphatic carbocycles. The Bertz CT molecular complexity index is 292. The van der Waals surface area contributed by atoms with Crippen molar-refractivity contribution in [3.63, 3.8) is 0 Å². The Hall–Kier alpha value is -1.44. The van der Waals surface area contributed by atoms with E-state index < -0.39 is 0 Å². The standard InChI is InChI=1S/C11H14O2/c1-3-5-9-6-7-10(13-4-2)8-11(9)12/h3,6-8,12H,1,4-5H2,2H3. The summed E-state index contributed by atoms with van der Waals surface area (Å²) in [5.74, 6) is 0.971. The van der Waals surface area contributed by atoms with Crippen LogP contribution in [-0.2, 0) is 6.42 Å². The van der Waals surface area contributed by atoms with Crippen molar-refractivity contribution < 1.29 is 9.84 Å². The Kier molecular flexibility index (Phi) is 3.38. The van der Waals surface area contributed by atoms with Gasteiger partial charge in [0.1, 0.15) is 11.5 Å². The van der Waals surface area contributed by atoms with Crippen molar-refractivity contribution >= 4 is 0 Å². The van der Waals surface area contributed by atoms with Crippen molar-refractivity contribution in [2.24, 2.45) is 0 Å². The summed E-state index contributed by atoms with van der Waals surface area (Å²) in [4.78, 5) is 0. The van der Waals surface area contributed by atoms with Gasteiger partial charge in [0.25, 0.3) is 0 Å². The fourth-order valence-corrected chi connectivity index (χ4v) is 1.13. The number of phenols is 1. The Morgan fingerprint density at radius 2 is 2.31 bits per heavy atom. The highest BCUT2D eigenvalue weighted by Crippen LogP contribution is 2.23. The molecule has 0 spiro atoms. The molecule has 0 aromatic heterocycles. The first kappa shape index (κ1) is 9.65. The van der Waals surface area contributed by atoms with Crippen molar-refractivity contribution in [2.75, 3.05) is 6.61 Å². The summed E-state index contributed by atoms with van der Waals surface area (Å²) >= 11 is 0. The minimum absolute atomic E-state index is 0.269. The lowest BCUT2D eigenvalue weighted by Crippen LogP contribution is -1.91. The predicted octanol–water partition coefficient (Wildman–Crippen LogP) is 2.52. The van der Waals surface area contributed by atoms with Crippen molar-refractivity contribution in [1.82, 2.24) is 0 Å². The topological polar surface area (TPSA) is 29.5 Å². The number of rotatable bonds is 4. The quantitative estimate of drug-likeness (QED) is 0.718. The molecule has 0 atom stereocenters. The normalized spacial score (nSPS) is 9.62. The van der Waals surface area contributed by atoms with E-state index in [-0.39, 0.29) is 5.75 Å². The zero-order valence-electron chi connectivity index (χ0n) is 7.79. The predicted molar refractivity (Wildman–Crippen MR) is 53.2 cm³/mol. The van der Waals surface area contributed by atoms with Gasteiger partial charge in [0.05, 0.1) is 6.61 Å². The molecule has 0 aliphatic rings. The molecule has 0 unspecified atom stereocenters. The van der Waals surface area contributed by atoms with E-state index in [1.165, 1.54) is 0 Å². The van der Waals surface area contributed by atoms with E-state index in [1.54, 1.807) is 12.1 Å². The third-order valence-corrected chi connectivity index (χ3v) is 1.73. The largest absolute Gasteiger partial charge is 0.508 e. The zero-order chi connectivity index (χ0) is 9.68. The Labute approximate surface area is 78.5 Å². The van der Waals surface area contributed by atoms with Crippen LogP contribution >= 0.6 is 0 Å². The molecule has 2 nitrogen and oxygen atoms in total. The molecule has 0 aliphatic heterocycles. The molecule has 70 valence electrons. The Morgan fingerprint density at radius 1 is 1.54 bits per heavy atom. The molecular weight excluding hydrogens is 164 g/mol. The van der Waals surface area contributed by atoms with Crippen molar-refractivity contribution in [3.8, 4) is 11.5 Å². The second-order valence-electron chi connectivity index (χ2n) is 2.72. The number of hydrogen-bond donors (Lipinski definition) is 1. The SMILES string of the molecule is C=CCc1ccc(OCC)cc1O. The van der Waals surface area contributed by atoms with Crippen LogP contribution < -0.4 is 4.74 Å². The molecular formula is C11H14O2. The third kappa shape index (κ3) is 2.51. The van der Waals surface area contributed by atoms with Crippen LogP contribution in [0.4, 0.5) is 0 Å². The third-order valence-electron chi connectivity index (χ3n) is 1.73. The highest BCUT2D eigenvalue weighted by molar-refractivity contribution is 5.40. The number of phenolic OH excluding ortho intramolecular Hbond substituents is 1. The molecule has 1 aromatic carbocycles. The van der Waals surface area contributed by atoms with Gasteiger partial charge in [-0.15, -0.1) is 6.58 Å². The summed E-state index contributed by atoms with van der Waals surface area (Å²) in [7, 11) is 0. The molecule has 2 heteroatoms. The number of benzene rings is 1. The average Bonchev–Trinajstić information content (AvgIpc) is 2.10. The monoisotopic (exact) mass is 178 g/mol. The van der Waals surface area contributed by atoms with Gasteiger partial charge in [0.2, 0.25) is 0 Å². The maximum atomic E-state index is 9.52. The molecule has 0 bridgehead atoms. The van der Waals surface area contributed by atoms with E-state index in [0.29, 0.717) is 18.8 Å². The minimum atomic E-state index is 0.269. The van der Waals surface area contributed by atoms with E-state index in [9.17, 15) is 5.11 Å². The molecule has 1 rings (SSSR count). The molecule has 0 heterocycles. The summed E-state index contributed by atoms with van der Waals surface area (Å²) in [6, 6.07) is 5.33. The van der Waals surface area contributed by atoms with Crippen LogP contribution in [-0.4, -0.2) is 11.7 Å². The van der Waals surface area contributed by atoms with Crippen LogP contribution in [0.2, 0.25) is 0 Å². The van der Waals surface area contributed by atoms with Crippen molar-refractivity contribution in [2.45, 2.75) is 13.3 Å². The zero-order valence-corrected chi connectivity index (χ0v) is 7.79. The van der Waals surface area contributed by atoms with Crippen LogP contribution in [0.3, 0.4) is 0 Å². The van der Waals surface area contributed by atoms with E-state index in [2.05, 4.69) is 6.58 Å². The van der Waals surface area contributed by atoms with Crippen LogP contribution in [0.25, 0.3) is 0 Å². The summed E-state index contributed by atoms with van der Waals surface area (Å²) < 4.78 is 5.23. The second-order valence-corrected chi connectivity index (χ2v) is 2.72. The van der Waals surface area contributed by atoms with Gasteiger partial charge >= 0.3 is 0 Å². The molecule has 0 fully saturated rings. The molecule has 1 aromatic rings. The highest BCUT2D eigenvalue weighted by atomic mass is 16.5. The summed E-state index contributed by atoms with van der Waals surface area (Å²) in [5, 5.41) is 9.52. The van der Waals surface area contributed by atoms with Gasteiger partial charge < -0.3 is 9.84 Å². The van der Waals surface area contributed by atoms with E-state index in [0.717, 1.165) is 5.56 Å². The fourth-order valence-electron chi connectivity index (χ4n) is 1.13. The van der Waals surface area contributed by atoms with E-state index >= 15 is 0 Å². The van der Waals surface area contributed by atoms with Gasteiger partial charge in [-0.3, -0.25) is 0 Å². The van der Waals surface area contributed by atoms with Gasteiger partial charge in [0.15, 0.2) is 0 Å². The molecule has 13 heavy (non-hydrogen) atoms. The maximum Gasteiger partial charge on any atom is 0.122 e. The van der Waals surface area contributed by atoms with Gasteiger partial charge in [0, 0.05) is 6.07 Å². The van der Waals surface area contributed by atoms with Gasteiger partial charge in [-0.1, -0.05) is 12.1 Å². The second kappa shape index (κ2) is 4.55. The first-order chi connectivity index (χ1) is 6.27. The van der Waals surface area contributed by atoms with Crippen LogP contribution in [0.1, 0.15) is 12.5 Å². The Balaban J connectivity index is 2.84. The summed E-state index contributed by atoms with van der Waals surface area (Å²) in [6.45, 7) is 6.14. The van der Waals surface area contributed by atoms with Crippen LogP contribution in [0, 0.1) is 0 Å². The fraction of sp³-hybridized carbons (Fsp3) is 0.273. The van der Waals surface area contributed by atoms with Crippen LogP contribution in [0.5, 0.6) is 11.5 Å². The van der Waals surface area contributed by atoms with Crippen LogP contribution in [0.15, 0.2) is 30.9 Å². The van der Waals surface area contributed by atoms with Crippen molar-refractivity contribution in [3.05, 3.63) is 36.4 Å². The molecule has 1 N–H and O–H groups in total. The molecule has 0 saturated heterocycles. The summed E-state index contributed by atoms with van der Waals surface area (Å²) in [5.41, 5.74) is 0.874. The highest BCUT2D eigenvalue weighted by Gasteiger charge is 2.00. The van der Waals surface area contributed by atoms with Crippen molar-refractivity contribution in [1.29, 1.82) is 0 Å². The van der Waals surface area contributed by atoms with Gasteiger partial charge in [-0.2, -0.15) is 0 Å². The lowest BCUT2D eigenvalue weighted by molar-refractivity contribution is 0.337. The molecule has 0 radical (unpaired) electrons. The average molecular weight is 178 g/mol. The first-order valence-corrected chi connectivity index (χ1v) is 4.33. The van der Waals surface area contributed by atoms with Gasteiger partial charge in [-0.05, 0) is 25.0 Å². The molecule has 0 saturated carbocycles. The van der Waals surface area contributed by atoms with E-state index in [4.69, 9.17) is 4.74 Å². The number of allylic oxidation sites excluding steroid dienone is 1. The number of hydrogen-bond acceptors (Lipinski definition) is 2. The lowest BCUT2D eigenvalue weighted by Gasteiger charge is -2.05.